The highest BCUT2D eigenvalue weighted by molar-refractivity contribution is 6.00. The SMILES string of the molecule is Nc1cc(-c2[nH]c3ccc(F)nc3c2-c2cc(F)ccn2)ccn1. The zero-order valence-electron chi connectivity index (χ0n) is 12.3. The summed E-state index contributed by atoms with van der Waals surface area (Å²) in [6, 6.07) is 8.78. The van der Waals surface area contributed by atoms with E-state index in [1.807, 2.05) is 0 Å². The van der Waals surface area contributed by atoms with Crippen molar-refractivity contribution in [3.8, 4) is 22.5 Å². The minimum absolute atomic E-state index is 0.337. The maximum absolute atomic E-state index is 13.7. The number of pyridine rings is 3. The standard InChI is InChI=1S/C17H11F2N5/c18-10-4-6-21-12(8-10)15-16(9-3-5-22-14(20)7-9)23-11-1-2-13(19)24-17(11)15/h1-8,23H,(H2,20,22). The smallest absolute Gasteiger partial charge is 0.213 e. The number of hydrogen-bond acceptors (Lipinski definition) is 4. The predicted octanol–water partition coefficient (Wildman–Crippen LogP) is 3.55. The lowest BCUT2D eigenvalue weighted by atomic mass is 10.0. The molecule has 0 aromatic carbocycles. The molecule has 4 heterocycles. The van der Waals surface area contributed by atoms with Crippen LogP contribution in [0.1, 0.15) is 0 Å². The normalized spacial score (nSPS) is 11.1. The largest absolute Gasteiger partial charge is 0.384 e. The lowest BCUT2D eigenvalue weighted by Gasteiger charge is -2.05. The van der Waals surface area contributed by atoms with Gasteiger partial charge in [0.15, 0.2) is 0 Å². The van der Waals surface area contributed by atoms with Crippen LogP contribution in [-0.2, 0) is 0 Å². The molecule has 5 nitrogen and oxygen atoms in total. The van der Waals surface area contributed by atoms with Gasteiger partial charge in [0, 0.05) is 24.0 Å². The van der Waals surface area contributed by atoms with Gasteiger partial charge in [-0.25, -0.2) is 14.4 Å². The van der Waals surface area contributed by atoms with Crippen LogP contribution in [0.15, 0.2) is 48.8 Å². The van der Waals surface area contributed by atoms with E-state index < -0.39 is 11.8 Å². The lowest BCUT2D eigenvalue weighted by molar-refractivity contribution is 0.589. The number of halogens is 2. The van der Waals surface area contributed by atoms with Crippen molar-refractivity contribution in [2.75, 3.05) is 5.73 Å². The number of H-pyrrole nitrogens is 1. The van der Waals surface area contributed by atoms with Crippen LogP contribution in [0.3, 0.4) is 0 Å². The summed E-state index contributed by atoms with van der Waals surface area (Å²) < 4.78 is 27.3. The molecule has 0 bridgehead atoms. The fourth-order valence-electron chi connectivity index (χ4n) is 2.65. The first-order chi connectivity index (χ1) is 11.6. The van der Waals surface area contributed by atoms with Crippen molar-refractivity contribution in [3.05, 3.63) is 60.6 Å². The van der Waals surface area contributed by atoms with E-state index in [0.717, 1.165) is 5.56 Å². The van der Waals surface area contributed by atoms with Crippen LogP contribution in [0.25, 0.3) is 33.5 Å². The second-order valence-electron chi connectivity index (χ2n) is 5.23. The maximum Gasteiger partial charge on any atom is 0.213 e. The summed E-state index contributed by atoms with van der Waals surface area (Å²) in [6.07, 6.45) is 2.92. The van der Waals surface area contributed by atoms with E-state index in [4.69, 9.17) is 5.73 Å². The van der Waals surface area contributed by atoms with E-state index in [9.17, 15) is 8.78 Å². The Balaban J connectivity index is 2.08. The quantitative estimate of drug-likeness (QED) is 0.553. The number of anilines is 1. The van der Waals surface area contributed by atoms with E-state index in [0.29, 0.717) is 33.8 Å². The average Bonchev–Trinajstić information content (AvgIpc) is 2.93. The molecule has 0 unspecified atom stereocenters. The Morgan fingerprint density at radius 1 is 0.958 bits per heavy atom. The molecule has 0 saturated heterocycles. The van der Waals surface area contributed by atoms with E-state index in [-0.39, 0.29) is 0 Å². The molecule has 0 saturated carbocycles. The first-order valence-electron chi connectivity index (χ1n) is 7.14. The molecule has 0 aliphatic carbocycles. The number of fused-ring (bicyclic) bond motifs is 1. The van der Waals surface area contributed by atoms with Gasteiger partial charge < -0.3 is 10.7 Å². The highest BCUT2D eigenvalue weighted by atomic mass is 19.1. The van der Waals surface area contributed by atoms with Crippen LogP contribution in [0.4, 0.5) is 14.6 Å². The first kappa shape index (κ1) is 14.3. The highest BCUT2D eigenvalue weighted by Crippen LogP contribution is 2.36. The summed E-state index contributed by atoms with van der Waals surface area (Å²) in [4.78, 5) is 15.3. The Bertz CT molecular complexity index is 1060. The van der Waals surface area contributed by atoms with Gasteiger partial charge in [-0.05, 0) is 30.3 Å². The summed E-state index contributed by atoms with van der Waals surface area (Å²) in [5, 5.41) is 0. The van der Waals surface area contributed by atoms with Crippen molar-refractivity contribution in [1.82, 2.24) is 19.9 Å². The van der Waals surface area contributed by atoms with Gasteiger partial charge in [-0.2, -0.15) is 4.39 Å². The Kier molecular flexibility index (Phi) is 3.19. The predicted molar refractivity (Wildman–Crippen MR) is 86.9 cm³/mol. The van der Waals surface area contributed by atoms with E-state index in [1.54, 1.807) is 24.4 Å². The first-order valence-corrected chi connectivity index (χ1v) is 7.14. The van der Waals surface area contributed by atoms with Crippen molar-refractivity contribution in [2.24, 2.45) is 0 Å². The Morgan fingerprint density at radius 3 is 2.58 bits per heavy atom. The van der Waals surface area contributed by atoms with Crippen molar-refractivity contribution >= 4 is 16.9 Å². The van der Waals surface area contributed by atoms with E-state index in [1.165, 1.54) is 24.4 Å². The number of aromatic amines is 1. The van der Waals surface area contributed by atoms with Crippen LogP contribution < -0.4 is 5.73 Å². The van der Waals surface area contributed by atoms with Gasteiger partial charge in [-0.15, -0.1) is 0 Å². The van der Waals surface area contributed by atoms with Crippen LogP contribution in [-0.4, -0.2) is 19.9 Å². The molecule has 0 radical (unpaired) electrons. The Hall–Kier alpha value is -3.35. The number of aromatic nitrogens is 4. The van der Waals surface area contributed by atoms with Crippen molar-refractivity contribution < 1.29 is 8.78 Å². The van der Waals surface area contributed by atoms with Crippen LogP contribution in [0.5, 0.6) is 0 Å². The van der Waals surface area contributed by atoms with E-state index >= 15 is 0 Å². The molecule has 3 N–H and O–H groups in total. The fourth-order valence-corrected chi connectivity index (χ4v) is 2.65. The second kappa shape index (κ2) is 5.38. The summed E-state index contributed by atoms with van der Waals surface area (Å²) >= 11 is 0. The molecule has 0 aliphatic heterocycles. The van der Waals surface area contributed by atoms with Gasteiger partial charge in [0.2, 0.25) is 5.95 Å². The molecule has 0 spiro atoms. The topological polar surface area (TPSA) is 80.5 Å². The molecule has 0 amide bonds. The van der Waals surface area contributed by atoms with Gasteiger partial charge in [-0.1, -0.05) is 0 Å². The monoisotopic (exact) mass is 323 g/mol. The summed E-state index contributed by atoms with van der Waals surface area (Å²) in [5.74, 6) is -0.727. The Morgan fingerprint density at radius 2 is 1.79 bits per heavy atom. The van der Waals surface area contributed by atoms with Gasteiger partial charge in [0.1, 0.15) is 17.2 Å². The number of nitrogens with one attached hydrogen (secondary N) is 1. The molecule has 4 aromatic heterocycles. The van der Waals surface area contributed by atoms with Gasteiger partial charge in [-0.3, -0.25) is 4.98 Å². The third-order valence-electron chi connectivity index (χ3n) is 3.66. The number of rotatable bonds is 2. The molecule has 4 aromatic rings. The number of nitrogen functional groups attached to an aromatic ring is 1. The van der Waals surface area contributed by atoms with Crippen molar-refractivity contribution in [2.45, 2.75) is 0 Å². The molecule has 118 valence electrons. The number of hydrogen-bond donors (Lipinski definition) is 2. The molecular formula is C17H11F2N5. The van der Waals surface area contributed by atoms with Crippen LogP contribution >= 0.6 is 0 Å². The molecule has 7 heteroatoms. The molecule has 0 aliphatic rings. The molecule has 0 fully saturated rings. The summed E-state index contributed by atoms with van der Waals surface area (Å²) in [7, 11) is 0. The summed E-state index contributed by atoms with van der Waals surface area (Å²) in [5.41, 5.74) is 8.94. The maximum atomic E-state index is 13.7. The second-order valence-corrected chi connectivity index (χ2v) is 5.23. The summed E-state index contributed by atoms with van der Waals surface area (Å²) in [6.45, 7) is 0. The number of nitrogens with zero attached hydrogens (tertiary/aromatic N) is 3. The third-order valence-corrected chi connectivity index (χ3v) is 3.66. The number of nitrogens with two attached hydrogens (primary N) is 1. The van der Waals surface area contributed by atoms with Crippen LogP contribution in [0, 0.1) is 11.8 Å². The van der Waals surface area contributed by atoms with Gasteiger partial charge in [0.25, 0.3) is 0 Å². The Labute approximate surface area is 135 Å². The van der Waals surface area contributed by atoms with Crippen LogP contribution in [0.2, 0.25) is 0 Å². The fraction of sp³-hybridized carbons (Fsp3) is 0. The zero-order chi connectivity index (χ0) is 16.7. The lowest BCUT2D eigenvalue weighted by Crippen LogP contribution is -1.92. The average molecular weight is 323 g/mol. The highest BCUT2D eigenvalue weighted by Gasteiger charge is 2.18. The molecular weight excluding hydrogens is 312 g/mol. The molecule has 4 rings (SSSR count). The third kappa shape index (κ3) is 2.36. The van der Waals surface area contributed by atoms with Crippen molar-refractivity contribution in [3.63, 3.8) is 0 Å². The van der Waals surface area contributed by atoms with E-state index in [2.05, 4.69) is 19.9 Å². The minimum Gasteiger partial charge on any atom is -0.384 e. The van der Waals surface area contributed by atoms with Crippen molar-refractivity contribution in [1.29, 1.82) is 0 Å². The molecule has 0 atom stereocenters. The van der Waals surface area contributed by atoms with Gasteiger partial charge in [0.05, 0.1) is 22.5 Å². The van der Waals surface area contributed by atoms with Gasteiger partial charge >= 0.3 is 0 Å². The minimum atomic E-state index is -0.625. The zero-order valence-corrected chi connectivity index (χ0v) is 12.3. The molecule has 24 heavy (non-hydrogen) atoms.